The van der Waals surface area contributed by atoms with E-state index in [1.165, 1.54) is 12.2 Å². The highest BCUT2D eigenvalue weighted by Gasteiger charge is 2.85. The van der Waals surface area contributed by atoms with E-state index in [0.717, 1.165) is 0 Å². The van der Waals surface area contributed by atoms with Gasteiger partial charge in [0, 0.05) is 0 Å². The van der Waals surface area contributed by atoms with Crippen LogP contribution < -0.4 is 0 Å². The minimum absolute atomic E-state index is 0.126. The lowest BCUT2D eigenvalue weighted by Gasteiger charge is -2.33. The molecule has 1 fully saturated rings. The fourth-order valence-corrected chi connectivity index (χ4v) is 5.96. The summed E-state index contributed by atoms with van der Waals surface area (Å²) in [6, 6.07) is 0. The van der Waals surface area contributed by atoms with Crippen molar-refractivity contribution in [3.63, 3.8) is 0 Å². The van der Waals surface area contributed by atoms with Crippen LogP contribution in [0.4, 0.5) is 0 Å². The maximum absolute atomic E-state index is 12.6. The summed E-state index contributed by atoms with van der Waals surface area (Å²) in [5, 5.41) is -0.437. The van der Waals surface area contributed by atoms with Crippen LogP contribution >= 0.6 is 69.6 Å². The molecule has 0 aromatic rings. The standard InChI is InChI=1S/C15H12Cl6O4/c1-3-5-24-11(22)7-8(12(23)25-6-4-2)14(19)10(17)9(16)13(7,18)15(14,20)21/h3-4,7-8H,1-2,5-6H2. The molecule has 0 N–H and O–H groups in total. The normalized spacial score (nSPS) is 35.4. The number of esters is 2. The maximum atomic E-state index is 12.6. The number of rotatable bonds is 6. The van der Waals surface area contributed by atoms with Crippen molar-refractivity contribution in [1.29, 1.82) is 0 Å². The Morgan fingerprint density at radius 2 is 1.20 bits per heavy atom. The summed E-state index contributed by atoms with van der Waals surface area (Å²) < 4.78 is 7.98. The van der Waals surface area contributed by atoms with Gasteiger partial charge in [-0.2, -0.15) is 0 Å². The number of allylic oxidation sites excluding steroid dienone is 2. The average molecular weight is 469 g/mol. The molecule has 2 aliphatic rings. The van der Waals surface area contributed by atoms with Gasteiger partial charge in [-0.3, -0.25) is 9.59 Å². The number of hydrogen-bond acceptors (Lipinski definition) is 4. The molecule has 0 saturated heterocycles. The quantitative estimate of drug-likeness (QED) is 0.326. The first kappa shape index (κ1) is 21.2. The van der Waals surface area contributed by atoms with E-state index < -0.39 is 37.9 Å². The van der Waals surface area contributed by atoms with E-state index in [2.05, 4.69) is 13.2 Å². The molecule has 10 heteroatoms. The summed E-state index contributed by atoms with van der Waals surface area (Å²) in [5.74, 6) is -4.61. The number of carbonyl (C=O) groups excluding carboxylic acids is 2. The minimum atomic E-state index is -2.08. The third-order valence-electron chi connectivity index (χ3n) is 4.13. The molecule has 2 bridgehead atoms. The number of ether oxygens (including phenoxy) is 2. The lowest BCUT2D eigenvalue weighted by Crippen LogP contribution is -2.46. The molecular weight excluding hydrogens is 457 g/mol. The number of halogens is 6. The first-order valence-corrected chi connectivity index (χ1v) is 9.17. The van der Waals surface area contributed by atoms with Crippen molar-refractivity contribution < 1.29 is 19.1 Å². The minimum Gasteiger partial charge on any atom is -0.461 e. The lowest BCUT2D eigenvalue weighted by molar-refractivity contribution is -0.159. The van der Waals surface area contributed by atoms with Crippen LogP contribution in [0.3, 0.4) is 0 Å². The van der Waals surface area contributed by atoms with Gasteiger partial charge in [0.05, 0.1) is 21.9 Å². The molecule has 2 rings (SSSR count). The SMILES string of the molecule is C=CCOC(=O)C1C(C(=O)OCC=C)C2(Cl)C(Cl)=C(Cl)C1(Cl)C2(Cl)Cl. The van der Waals surface area contributed by atoms with E-state index in [0.29, 0.717) is 0 Å². The average Bonchev–Trinajstić information content (AvgIpc) is 2.77. The topological polar surface area (TPSA) is 52.6 Å². The van der Waals surface area contributed by atoms with Gasteiger partial charge >= 0.3 is 11.9 Å². The zero-order valence-corrected chi connectivity index (χ0v) is 17.1. The van der Waals surface area contributed by atoms with Gasteiger partial charge in [0.15, 0.2) is 4.33 Å². The predicted molar refractivity (Wildman–Crippen MR) is 99.6 cm³/mol. The maximum Gasteiger partial charge on any atom is 0.312 e. The fraction of sp³-hybridized carbons (Fsp3) is 0.467. The molecule has 4 atom stereocenters. The van der Waals surface area contributed by atoms with Gasteiger partial charge in [0.2, 0.25) is 0 Å². The molecular formula is C15H12Cl6O4. The molecule has 1 saturated carbocycles. The van der Waals surface area contributed by atoms with Gasteiger partial charge in [-0.1, -0.05) is 71.7 Å². The Morgan fingerprint density at radius 1 is 0.880 bits per heavy atom. The third kappa shape index (κ3) is 2.64. The van der Waals surface area contributed by atoms with Crippen LogP contribution in [0.15, 0.2) is 35.4 Å². The molecule has 138 valence electrons. The summed E-state index contributed by atoms with van der Waals surface area (Å²) in [6.07, 6.45) is 2.68. The molecule has 0 radical (unpaired) electrons. The molecule has 0 aromatic heterocycles. The van der Waals surface area contributed by atoms with Crippen molar-refractivity contribution in [2.75, 3.05) is 13.2 Å². The van der Waals surface area contributed by atoms with Crippen LogP contribution in [0.1, 0.15) is 0 Å². The predicted octanol–water partition coefficient (Wildman–Crippen LogP) is 4.52. The Labute approximate surface area is 174 Å². The van der Waals surface area contributed by atoms with E-state index in [1.54, 1.807) is 0 Å². The Bertz CT molecular complexity index is 621. The second-order valence-electron chi connectivity index (χ2n) is 5.42. The summed E-state index contributed by atoms with van der Waals surface area (Å²) in [4.78, 5) is 21.2. The molecule has 0 spiro atoms. The highest BCUT2D eigenvalue weighted by atomic mass is 35.5. The van der Waals surface area contributed by atoms with Crippen LogP contribution in [0.5, 0.6) is 0 Å². The monoisotopic (exact) mass is 466 g/mol. The highest BCUT2D eigenvalue weighted by Crippen LogP contribution is 2.76. The molecule has 0 aliphatic heterocycles. The highest BCUT2D eigenvalue weighted by molar-refractivity contribution is 6.66. The molecule has 0 heterocycles. The third-order valence-corrected chi connectivity index (χ3v) is 8.39. The van der Waals surface area contributed by atoms with Gasteiger partial charge in [-0.05, 0) is 0 Å². The van der Waals surface area contributed by atoms with E-state index in [1.807, 2.05) is 0 Å². The van der Waals surface area contributed by atoms with Crippen LogP contribution in [0, 0.1) is 11.8 Å². The summed E-state index contributed by atoms with van der Waals surface area (Å²) >= 11 is 38.3. The smallest absolute Gasteiger partial charge is 0.312 e. The number of carbonyl (C=O) groups is 2. The number of fused-ring (bicyclic) bond motifs is 2. The zero-order chi connectivity index (χ0) is 19.2. The van der Waals surface area contributed by atoms with E-state index >= 15 is 0 Å². The van der Waals surface area contributed by atoms with Crippen LogP contribution in [-0.2, 0) is 19.1 Å². The van der Waals surface area contributed by atoms with E-state index in [4.69, 9.17) is 79.1 Å². The largest absolute Gasteiger partial charge is 0.461 e. The van der Waals surface area contributed by atoms with Gasteiger partial charge in [-0.15, -0.1) is 23.2 Å². The second-order valence-corrected chi connectivity index (χ2v) is 8.69. The van der Waals surface area contributed by atoms with Crippen molar-refractivity contribution >= 4 is 81.5 Å². The van der Waals surface area contributed by atoms with Gasteiger partial charge in [0.25, 0.3) is 0 Å². The Morgan fingerprint density at radius 3 is 1.48 bits per heavy atom. The zero-order valence-electron chi connectivity index (χ0n) is 12.5. The first-order chi connectivity index (χ1) is 11.5. The lowest BCUT2D eigenvalue weighted by atomic mass is 9.82. The van der Waals surface area contributed by atoms with E-state index in [9.17, 15) is 9.59 Å². The molecule has 0 amide bonds. The van der Waals surface area contributed by atoms with Crippen molar-refractivity contribution in [2.45, 2.75) is 14.1 Å². The van der Waals surface area contributed by atoms with Crippen molar-refractivity contribution in [2.24, 2.45) is 11.8 Å². The van der Waals surface area contributed by atoms with Gasteiger partial charge in [0.1, 0.15) is 23.0 Å². The Balaban J connectivity index is 2.62. The summed E-state index contributed by atoms with van der Waals surface area (Å²) in [6.45, 7) is 6.63. The fourth-order valence-electron chi connectivity index (χ4n) is 3.04. The number of hydrogen-bond donors (Lipinski definition) is 0. The van der Waals surface area contributed by atoms with Crippen molar-refractivity contribution in [3.8, 4) is 0 Å². The van der Waals surface area contributed by atoms with Crippen molar-refractivity contribution in [1.82, 2.24) is 0 Å². The van der Waals surface area contributed by atoms with Crippen LogP contribution in [0.25, 0.3) is 0 Å². The summed E-state index contributed by atoms with van der Waals surface area (Å²) in [5.41, 5.74) is 0. The Kier molecular flexibility index (Phi) is 6.05. The Hall–Kier alpha value is -0.1000. The van der Waals surface area contributed by atoms with Crippen LogP contribution in [-0.4, -0.2) is 39.2 Å². The van der Waals surface area contributed by atoms with Gasteiger partial charge < -0.3 is 9.47 Å². The number of alkyl halides is 4. The van der Waals surface area contributed by atoms with Crippen LogP contribution in [0.2, 0.25) is 0 Å². The molecule has 4 nitrogen and oxygen atoms in total. The molecule has 0 aromatic carbocycles. The molecule has 25 heavy (non-hydrogen) atoms. The first-order valence-electron chi connectivity index (χ1n) is 6.90. The second kappa shape index (κ2) is 7.14. The summed E-state index contributed by atoms with van der Waals surface area (Å²) in [7, 11) is 0. The van der Waals surface area contributed by atoms with Gasteiger partial charge in [-0.25, -0.2) is 0 Å². The molecule has 4 unspecified atom stereocenters. The van der Waals surface area contributed by atoms with E-state index in [-0.39, 0.29) is 23.3 Å². The van der Waals surface area contributed by atoms with Crippen molar-refractivity contribution in [3.05, 3.63) is 35.4 Å². The molecule has 2 aliphatic carbocycles.